The van der Waals surface area contributed by atoms with Gasteiger partial charge in [-0.1, -0.05) is 6.92 Å². The van der Waals surface area contributed by atoms with E-state index in [2.05, 4.69) is 22.2 Å². The third kappa shape index (κ3) is 3.14. The van der Waals surface area contributed by atoms with Crippen LogP contribution in [0.1, 0.15) is 44.0 Å². The van der Waals surface area contributed by atoms with E-state index in [0.717, 1.165) is 28.8 Å². The van der Waals surface area contributed by atoms with Gasteiger partial charge in [0.25, 0.3) is 0 Å². The number of hydrogen-bond donors (Lipinski definition) is 2. The number of aliphatic hydroxyl groups is 1. The molecule has 5 heteroatoms. The zero-order valence-electron chi connectivity index (χ0n) is 11.2. The van der Waals surface area contributed by atoms with Crippen molar-refractivity contribution in [3.8, 4) is 0 Å². The van der Waals surface area contributed by atoms with Crippen LogP contribution in [-0.2, 0) is 0 Å². The van der Waals surface area contributed by atoms with Gasteiger partial charge < -0.3 is 10.4 Å². The predicted molar refractivity (Wildman–Crippen MR) is 75.3 cm³/mol. The van der Waals surface area contributed by atoms with Gasteiger partial charge in [0, 0.05) is 23.3 Å². The molecule has 100 valence electrons. The fourth-order valence-electron chi connectivity index (χ4n) is 1.72. The average Bonchev–Trinajstić information content (AvgIpc) is 3.18. The molecule has 1 aliphatic carbocycles. The molecule has 0 amide bonds. The highest BCUT2D eigenvalue weighted by molar-refractivity contribution is 7.99. The third-order valence-corrected chi connectivity index (χ3v) is 4.15. The van der Waals surface area contributed by atoms with Crippen molar-refractivity contribution in [1.82, 2.24) is 9.97 Å². The van der Waals surface area contributed by atoms with Gasteiger partial charge in [0.15, 0.2) is 0 Å². The first-order valence-electron chi connectivity index (χ1n) is 6.55. The third-order valence-electron chi connectivity index (χ3n) is 2.98. The van der Waals surface area contributed by atoms with Crippen molar-refractivity contribution < 1.29 is 5.11 Å². The summed E-state index contributed by atoms with van der Waals surface area (Å²) in [5, 5.41) is 13.6. The van der Waals surface area contributed by atoms with Gasteiger partial charge in [0.05, 0.1) is 6.61 Å². The van der Waals surface area contributed by atoms with E-state index in [1.165, 1.54) is 12.8 Å². The van der Waals surface area contributed by atoms with Crippen LogP contribution in [0, 0.1) is 6.92 Å². The van der Waals surface area contributed by atoms with E-state index in [0.29, 0.717) is 5.92 Å². The van der Waals surface area contributed by atoms with Crippen molar-refractivity contribution in [1.29, 1.82) is 0 Å². The highest BCUT2D eigenvalue weighted by Crippen LogP contribution is 2.40. The van der Waals surface area contributed by atoms with Crippen molar-refractivity contribution >= 4 is 17.6 Å². The van der Waals surface area contributed by atoms with Crippen LogP contribution in [-0.4, -0.2) is 33.5 Å². The molecule has 1 atom stereocenters. The summed E-state index contributed by atoms with van der Waals surface area (Å²) in [5.41, 5.74) is 1.09. The number of aliphatic hydroxyl groups excluding tert-OH is 1. The first-order valence-corrected chi connectivity index (χ1v) is 7.43. The number of rotatable bonds is 6. The number of thioether (sulfide) groups is 1. The van der Waals surface area contributed by atoms with Gasteiger partial charge in [-0.25, -0.2) is 9.97 Å². The molecule has 0 aliphatic heterocycles. The van der Waals surface area contributed by atoms with Gasteiger partial charge in [-0.05, 0) is 26.7 Å². The molecule has 1 heterocycles. The second-order valence-corrected chi connectivity index (χ2v) is 6.20. The number of nitrogens with one attached hydrogen (secondary N) is 1. The molecule has 1 saturated carbocycles. The Morgan fingerprint density at radius 2 is 2.17 bits per heavy atom. The monoisotopic (exact) mass is 267 g/mol. The van der Waals surface area contributed by atoms with Crippen molar-refractivity contribution in [2.45, 2.75) is 49.8 Å². The van der Waals surface area contributed by atoms with Gasteiger partial charge in [-0.15, -0.1) is 11.8 Å². The summed E-state index contributed by atoms with van der Waals surface area (Å²) < 4.78 is 0. The molecule has 1 unspecified atom stereocenters. The summed E-state index contributed by atoms with van der Waals surface area (Å²) in [5.74, 6) is 2.46. The maximum absolute atomic E-state index is 9.17. The second kappa shape index (κ2) is 5.89. The molecular formula is C13H21N3OS. The second-order valence-electron chi connectivity index (χ2n) is 4.78. The smallest absolute Gasteiger partial charge is 0.135 e. The molecule has 0 bridgehead atoms. The van der Waals surface area contributed by atoms with Crippen LogP contribution in [0.2, 0.25) is 0 Å². The summed E-state index contributed by atoms with van der Waals surface area (Å²) >= 11 is 1.63. The lowest BCUT2D eigenvalue weighted by Crippen LogP contribution is -2.09. The van der Waals surface area contributed by atoms with E-state index in [9.17, 15) is 5.11 Å². The molecule has 1 fully saturated rings. The Bertz CT molecular complexity index is 421. The Morgan fingerprint density at radius 1 is 1.44 bits per heavy atom. The van der Waals surface area contributed by atoms with Gasteiger partial charge in [-0.3, -0.25) is 0 Å². The van der Waals surface area contributed by atoms with Gasteiger partial charge in [-0.2, -0.15) is 0 Å². The minimum Gasteiger partial charge on any atom is -0.395 e. The maximum atomic E-state index is 9.17. The molecule has 4 nitrogen and oxygen atoms in total. The predicted octanol–water partition coefficient (Wildman–Crippen LogP) is 2.57. The molecule has 0 radical (unpaired) electrons. The van der Waals surface area contributed by atoms with Gasteiger partial charge in [0.1, 0.15) is 16.7 Å². The summed E-state index contributed by atoms with van der Waals surface area (Å²) in [7, 11) is 0. The van der Waals surface area contributed by atoms with E-state index >= 15 is 0 Å². The Labute approximate surface area is 113 Å². The molecule has 0 saturated heterocycles. The highest BCUT2D eigenvalue weighted by Gasteiger charge is 2.28. The quantitative estimate of drug-likeness (QED) is 0.613. The normalized spacial score (nSPS) is 16.7. The molecule has 1 aliphatic rings. The molecule has 2 rings (SSSR count). The lowest BCUT2D eigenvalue weighted by atomic mass is 10.3. The average molecular weight is 267 g/mol. The van der Waals surface area contributed by atoms with Crippen LogP contribution in [0.5, 0.6) is 0 Å². The molecule has 0 spiro atoms. The molecule has 18 heavy (non-hydrogen) atoms. The first kappa shape index (κ1) is 13.6. The number of nitrogens with zero attached hydrogens (tertiary/aromatic N) is 2. The first-order chi connectivity index (χ1) is 8.65. The summed E-state index contributed by atoms with van der Waals surface area (Å²) in [6.45, 7) is 7.16. The molecule has 0 aromatic carbocycles. The fourth-order valence-corrected chi connectivity index (χ4v) is 2.59. The van der Waals surface area contributed by atoms with Gasteiger partial charge in [0.2, 0.25) is 0 Å². The Hall–Kier alpha value is -0.810. The standard InChI is InChI=1S/C13H21N3OS/c1-4-14-11-9(3)13(18-8(2)7-17)16-12(15-11)10-5-6-10/h8,10,17H,4-7H2,1-3H3,(H,14,15,16). The topological polar surface area (TPSA) is 58.0 Å². The number of anilines is 1. The molecular weight excluding hydrogens is 246 g/mol. The molecule has 2 N–H and O–H groups in total. The van der Waals surface area contributed by atoms with E-state index < -0.39 is 0 Å². The summed E-state index contributed by atoms with van der Waals surface area (Å²) in [4.78, 5) is 9.29. The van der Waals surface area contributed by atoms with Crippen LogP contribution < -0.4 is 5.32 Å². The minimum absolute atomic E-state index is 0.167. The van der Waals surface area contributed by atoms with E-state index in [1.54, 1.807) is 11.8 Å². The maximum Gasteiger partial charge on any atom is 0.135 e. The van der Waals surface area contributed by atoms with Crippen molar-refractivity contribution in [2.24, 2.45) is 0 Å². The van der Waals surface area contributed by atoms with Crippen LogP contribution in [0.4, 0.5) is 5.82 Å². The highest BCUT2D eigenvalue weighted by atomic mass is 32.2. The van der Waals surface area contributed by atoms with E-state index in [1.807, 2.05) is 13.8 Å². The van der Waals surface area contributed by atoms with Crippen LogP contribution in [0.3, 0.4) is 0 Å². The summed E-state index contributed by atoms with van der Waals surface area (Å²) in [6, 6.07) is 0. The zero-order valence-corrected chi connectivity index (χ0v) is 12.0. The van der Waals surface area contributed by atoms with Crippen LogP contribution in [0.15, 0.2) is 5.03 Å². The van der Waals surface area contributed by atoms with Crippen molar-refractivity contribution in [3.63, 3.8) is 0 Å². The lowest BCUT2D eigenvalue weighted by molar-refractivity contribution is 0.300. The fraction of sp³-hybridized carbons (Fsp3) is 0.692. The van der Waals surface area contributed by atoms with Crippen molar-refractivity contribution in [2.75, 3.05) is 18.5 Å². The zero-order chi connectivity index (χ0) is 13.1. The Kier molecular flexibility index (Phi) is 4.45. The van der Waals surface area contributed by atoms with Crippen LogP contribution in [0.25, 0.3) is 0 Å². The SMILES string of the molecule is CCNc1nc(C2CC2)nc(SC(C)CO)c1C. The largest absolute Gasteiger partial charge is 0.395 e. The number of aromatic nitrogens is 2. The Morgan fingerprint density at radius 3 is 2.72 bits per heavy atom. The lowest BCUT2D eigenvalue weighted by Gasteiger charge is -2.14. The number of hydrogen-bond acceptors (Lipinski definition) is 5. The van der Waals surface area contributed by atoms with Crippen molar-refractivity contribution in [3.05, 3.63) is 11.4 Å². The minimum atomic E-state index is 0.167. The molecule has 1 aromatic heterocycles. The summed E-state index contributed by atoms with van der Waals surface area (Å²) in [6.07, 6.45) is 2.41. The molecule has 1 aromatic rings. The van der Waals surface area contributed by atoms with Crippen LogP contribution >= 0.6 is 11.8 Å². The van der Waals surface area contributed by atoms with Gasteiger partial charge >= 0.3 is 0 Å². The Balaban J connectivity index is 2.29. The van der Waals surface area contributed by atoms with E-state index in [4.69, 9.17) is 0 Å². The van der Waals surface area contributed by atoms with E-state index in [-0.39, 0.29) is 11.9 Å².